The van der Waals surface area contributed by atoms with Crippen LogP contribution in [0.5, 0.6) is 0 Å². The number of benzene rings is 1. The summed E-state index contributed by atoms with van der Waals surface area (Å²) in [4.78, 5) is 14.7. The first-order chi connectivity index (χ1) is 10.2. The normalized spacial score (nSPS) is 23.0. The van der Waals surface area contributed by atoms with Gasteiger partial charge in [-0.2, -0.15) is 0 Å². The number of hydrogen-bond acceptors (Lipinski definition) is 3. The van der Waals surface area contributed by atoms with E-state index in [1.54, 1.807) is 0 Å². The second kappa shape index (κ2) is 6.58. The van der Waals surface area contributed by atoms with E-state index in [9.17, 15) is 4.79 Å². The van der Waals surface area contributed by atoms with Crippen molar-refractivity contribution in [3.05, 3.63) is 35.9 Å². The van der Waals surface area contributed by atoms with Crippen molar-refractivity contribution in [2.75, 3.05) is 19.8 Å². The van der Waals surface area contributed by atoms with Gasteiger partial charge in [-0.05, 0) is 31.2 Å². The number of carbonyl (C=O) groups excluding carboxylic acids is 1. The van der Waals surface area contributed by atoms with Crippen molar-refractivity contribution in [2.45, 2.75) is 37.8 Å². The fraction of sp³-hybridized carbons (Fsp3) is 0.588. The van der Waals surface area contributed by atoms with Gasteiger partial charge in [-0.1, -0.05) is 30.3 Å². The van der Waals surface area contributed by atoms with Gasteiger partial charge in [0.2, 0.25) is 5.91 Å². The average molecular weight is 288 g/mol. The van der Waals surface area contributed by atoms with E-state index in [-0.39, 0.29) is 5.91 Å². The fourth-order valence-corrected chi connectivity index (χ4v) is 2.98. The van der Waals surface area contributed by atoms with Crippen LogP contribution in [0.2, 0.25) is 0 Å². The Hall–Kier alpha value is -1.39. The van der Waals surface area contributed by atoms with Crippen LogP contribution in [-0.2, 0) is 16.0 Å². The van der Waals surface area contributed by atoms with Crippen LogP contribution in [-0.4, -0.2) is 42.6 Å². The van der Waals surface area contributed by atoms with Gasteiger partial charge in [0, 0.05) is 25.1 Å². The van der Waals surface area contributed by atoms with Crippen molar-refractivity contribution in [3.8, 4) is 0 Å². The molecule has 21 heavy (non-hydrogen) atoms. The number of rotatable bonds is 6. The first-order valence-corrected chi connectivity index (χ1v) is 7.92. The molecule has 3 rings (SSSR count). The van der Waals surface area contributed by atoms with Crippen LogP contribution in [0.25, 0.3) is 0 Å². The number of ether oxygens (including phenoxy) is 1. The maximum atomic E-state index is 12.7. The van der Waals surface area contributed by atoms with E-state index in [0.717, 1.165) is 44.6 Å². The number of hydrogen-bond donors (Lipinski definition) is 1. The zero-order valence-electron chi connectivity index (χ0n) is 12.4. The van der Waals surface area contributed by atoms with Gasteiger partial charge in [-0.15, -0.1) is 0 Å². The SMILES string of the molecule is NC(Cc1ccccc1)C(=O)N(CC1CCOC1)C1CC1. The molecule has 4 heteroatoms. The van der Waals surface area contributed by atoms with Crippen molar-refractivity contribution < 1.29 is 9.53 Å². The standard InChI is InChI=1S/C17H24N2O2/c18-16(10-13-4-2-1-3-5-13)17(20)19(15-6-7-15)11-14-8-9-21-12-14/h1-5,14-16H,6-12,18H2. The van der Waals surface area contributed by atoms with Crippen LogP contribution in [0.3, 0.4) is 0 Å². The quantitative estimate of drug-likeness (QED) is 0.865. The lowest BCUT2D eigenvalue weighted by Crippen LogP contribution is -2.47. The highest BCUT2D eigenvalue weighted by molar-refractivity contribution is 5.82. The maximum Gasteiger partial charge on any atom is 0.240 e. The summed E-state index contributed by atoms with van der Waals surface area (Å²) < 4.78 is 5.42. The minimum absolute atomic E-state index is 0.105. The molecule has 1 aromatic rings. The molecule has 0 bridgehead atoms. The molecule has 1 saturated heterocycles. The topological polar surface area (TPSA) is 55.6 Å². The van der Waals surface area contributed by atoms with Gasteiger partial charge < -0.3 is 15.4 Å². The summed E-state index contributed by atoms with van der Waals surface area (Å²) in [5.74, 6) is 0.590. The highest BCUT2D eigenvalue weighted by atomic mass is 16.5. The minimum Gasteiger partial charge on any atom is -0.381 e. The molecule has 1 aromatic carbocycles. The summed E-state index contributed by atoms with van der Waals surface area (Å²) in [5.41, 5.74) is 7.29. The molecule has 1 aliphatic carbocycles. The maximum absolute atomic E-state index is 12.7. The Balaban J connectivity index is 1.60. The van der Waals surface area contributed by atoms with E-state index < -0.39 is 6.04 Å². The van der Waals surface area contributed by atoms with E-state index in [0.29, 0.717) is 18.4 Å². The summed E-state index contributed by atoms with van der Waals surface area (Å²) in [6.45, 7) is 2.42. The molecule has 0 radical (unpaired) electrons. The van der Waals surface area contributed by atoms with Crippen LogP contribution in [0.15, 0.2) is 30.3 Å². The Bertz CT molecular complexity index is 467. The molecule has 0 aromatic heterocycles. The fourth-order valence-electron chi connectivity index (χ4n) is 2.98. The summed E-state index contributed by atoms with van der Waals surface area (Å²) in [6.07, 6.45) is 3.92. The van der Waals surface area contributed by atoms with Crippen molar-refractivity contribution in [3.63, 3.8) is 0 Å². The molecule has 2 unspecified atom stereocenters. The molecule has 2 fully saturated rings. The second-order valence-electron chi connectivity index (χ2n) is 6.25. The Morgan fingerprint density at radius 2 is 2.05 bits per heavy atom. The van der Waals surface area contributed by atoms with Gasteiger partial charge >= 0.3 is 0 Å². The molecule has 1 aliphatic heterocycles. The average Bonchev–Trinajstić information content (AvgIpc) is 3.21. The highest BCUT2D eigenvalue weighted by Crippen LogP contribution is 2.29. The zero-order valence-corrected chi connectivity index (χ0v) is 12.4. The van der Waals surface area contributed by atoms with Crippen LogP contribution in [0.4, 0.5) is 0 Å². The van der Waals surface area contributed by atoms with E-state index in [1.165, 1.54) is 0 Å². The van der Waals surface area contributed by atoms with Crippen LogP contribution >= 0.6 is 0 Å². The molecule has 114 valence electrons. The molecule has 1 saturated carbocycles. The molecule has 2 atom stereocenters. The Kier molecular flexibility index (Phi) is 4.56. The van der Waals surface area contributed by atoms with E-state index in [4.69, 9.17) is 10.5 Å². The molecular weight excluding hydrogens is 264 g/mol. The molecule has 1 heterocycles. The Labute approximate surface area is 126 Å². The lowest BCUT2D eigenvalue weighted by atomic mass is 10.0. The van der Waals surface area contributed by atoms with Gasteiger partial charge in [0.15, 0.2) is 0 Å². The number of nitrogens with two attached hydrogens (primary N) is 1. The molecule has 4 nitrogen and oxygen atoms in total. The van der Waals surface area contributed by atoms with E-state index in [1.807, 2.05) is 35.2 Å². The lowest BCUT2D eigenvalue weighted by Gasteiger charge is -2.28. The smallest absolute Gasteiger partial charge is 0.240 e. The zero-order chi connectivity index (χ0) is 14.7. The molecule has 2 aliphatic rings. The summed E-state index contributed by atoms with van der Waals surface area (Å²) in [7, 11) is 0. The van der Waals surface area contributed by atoms with Gasteiger partial charge in [0.1, 0.15) is 0 Å². The Morgan fingerprint density at radius 3 is 2.67 bits per heavy atom. The molecular formula is C17H24N2O2. The summed E-state index contributed by atoms with van der Waals surface area (Å²) in [5, 5.41) is 0. The molecule has 0 spiro atoms. The first-order valence-electron chi connectivity index (χ1n) is 7.92. The summed E-state index contributed by atoms with van der Waals surface area (Å²) >= 11 is 0. The number of carbonyl (C=O) groups is 1. The van der Waals surface area contributed by atoms with Crippen LogP contribution in [0, 0.1) is 5.92 Å². The second-order valence-corrected chi connectivity index (χ2v) is 6.25. The molecule has 1 amide bonds. The third-order valence-corrected chi connectivity index (χ3v) is 4.37. The van der Waals surface area contributed by atoms with Gasteiger partial charge in [0.25, 0.3) is 0 Å². The third-order valence-electron chi connectivity index (χ3n) is 4.37. The monoisotopic (exact) mass is 288 g/mol. The summed E-state index contributed by atoms with van der Waals surface area (Å²) in [6, 6.07) is 9.99. The van der Waals surface area contributed by atoms with Crippen molar-refractivity contribution >= 4 is 5.91 Å². The van der Waals surface area contributed by atoms with Gasteiger partial charge in [-0.3, -0.25) is 4.79 Å². The van der Waals surface area contributed by atoms with Crippen molar-refractivity contribution in [2.24, 2.45) is 11.7 Å². The third kappa shape index (κ3) is 3.83. The first kappa shape index (κ1) is 14.5. The van der Waals surface area contributed by atoms with Crippen molar-refractivity contribution in [1.82, 2.24) is 4.90 Å². The van der Waals surface area contributed by atoms with Crippen LogP contribution < -0.4 is 5.73 Å². The van der Waals surface area contributed by atoms with Gasteiger partial charge in [-0.25, -0.2) is 0 Å². The highest BCUT2D eigenvalue weighted by Gasteiger charge is 2.36. The number of amides is 1. The van der Waals surface area contributed by atoms with E-state index in [2.05, 4.69) is 0 Å². The van der Waals surface area contributed by atoms with E-state index >= 15 is 0 Å². The predicted octanol–water partition coefficient (Wildman–Crippen LogP) is 1.58. The Morgan fingerprint density at radius 1 is 1.29 bits per heavy atom. The predicted molar refractivity (Wildman–Crippen MR) is 81.8 cm³/mol. The largest absolute Gasteiger partial charge is 0.381 e. The number of nitrogens with zero attached hydrogens (tertiary/aromatic N) is 1. The lowest BCUT2D eigenvalue weighted by molar-refractivity contribution is -0.133. The molecule has 2 N–H and O–H groups in total. The van der Waals surface area contributed by atoms with Crippen LogP contribution in [0.1, 0.15) is 24.8 Å². The minimum atomic E-state index is -0.435. The van der Waals surface area contributed by atoms with Crippen molar-refractivity contribution in [1.29, 1.82) is 0 Å². The van der Waals surface area contributed by atoms with Gasteiger partial charge in [0.05, 0.1) is 12.6 Å².